The highest BCUT2D eigenvalue weighted by Gasteiger charge is 2.51. The Kier molecular flexibility index (Phi) is 11.0. The van der Waals surface area contributed by atoms with E-state index in [1.807, 2.05) is 55.7 Å². The lowest BCUT2D eigenvalue weighted by atomic mass is 9.95. The summed E-state index contributed by atoms with van der Waals surface area (Å²) in [6.07, 6.45) is 3.14. The maximum absolute atomic E-state index is 14.0. The molecule has 0 spiro atoms. The number of hydrogen-bond acceptors (Lipinski definition) is 8. The number of aromatic amines is 2. The predicted octanol–water partition coefficient (Wildman–Crippen LogP) is 7.90. The standard InChI is InChI=1S/C44H51ClN8O6/c1-22(2)33(49-43(56)58-5)41(54)52-19-7-8-32(52)39-46-31-18-15-27-20-26(14-17-30(27)36(31)48-39)24-9-11-25(12-10-24)35-38(45)51-40(47-35)37-28-13-16-29(21-28)53(37)42(55)34(23(3)4)50-44(57)59-6/h9-12,14-15,17-18,20,22-23,28-29,32-34,37H,7-8,13,16,19,21H2,1-6H3,(H,46,48)(H,47,51)(H,49,56)(H,50,57)/t28-,29+,32-,33-,34?,37-/m0/s1. The third kappa shape index (κ3) is 7.47. The summed E-state index contributed by atoms with van der Waals surface area (Å²) in [5.74, 6) is 1.10. The maximum Gasteiger partial charge on any atom is 0.407 e. The zero-order valence-electron chi connectivity index (χ0n) is 34.2. The first kappa shape index (κ1) is 40.2. The molecule has 5 aromatic rings. The molecule has 310 valence electrons. The molecule has 2 aromatic heterocycles. The number of fused-ring (bicyclic) bond motifs is 5. The average molecular weight is 823 g/mol. The van der Waals surface area contributed by atoms with Gasteiger partial charge >= 0.3 is 12.2 Å². The minimum absolute atomic E-state index is 0.0760. The van der Waals surface area contributed by atoms with E-state index >= 15 is 0 Å². The Morgan fingerprint density at radius 2 is 1.44 bits per heavy atom. The number of hydrogen-bond donors (Lipinski definition) is 4. The molecule has 3 aromatic carbocycles. The lowest BCUT2D eigenvalue weighted by Gasteiger charge is -2.37. The Hall–Kier alpha value is -5.63. The van der Waals surface area contributed by atoms with Crippen molar-refractivity contribution < 1.29 is 28.7 Å². The molecule has 2 aliphatic heterocycles. The van der Waals surface area contributed by atoms with Crippen molar-refractivity contribution in [3.63, 3.8) is 0 Å². The summed E-state index contributed by atoms with van der Waals surface area (Å²) in [7, 11) is 2.59. The van der Waals surface area contributed by atoms with Crippen molar-refractivity contribution in [2.75, 3.05) is 20.8 Å². The molecule has 1 aliphatic carbocycles. The molecule has 14 nitrogen and oxygen atoms in total. The number of benzene rings is 3. The number of rotatable bonds is 10. The monoisotopic (exact) mass is 822 g/mol. The molecule has 1 unspecified atom stereocenters. The maximum atomic E-state index is 14.0. The predicted molar refractivity (Wildman–Crippen MR) is 224 cm³/mol. The van der Waals surface area contributed by atoms with Gasteiger partial charge in [-0.1, -0.05) is 81.8 Å². The summed E-state index contributed by atoms with van der Waals surface area (Å²) in [6, 6.07) is 16.7. The number of piperidine rings is 1. The van der Waals surface area contributed by atoms with Crippen LogP contribution < -0.4 is 10.6 Å². The van der Waals surface area contributed by atoms with Crippen molar-refractivity contribution in [2.24, 2.45) is 17.8 Å². The van der Waals surface area contributed by atoms with Crippen LogP contribution in [0, 0.1) is 17.8 Å². The fraction of sp³-hybridized carbons (Fsp3) is 0.455. The van der Waals surface area contributed by atoms with Crippen molar-refractivity contribution in [1.82, 2.24) is 40.4 Å². The molecule has 3 aliphatic rings. The lowest BCUT2D eigenvalue weighted by molar-refractivity contribution is -0.139. The second-order valence-corrected chi connectivity index (χ2v) is 17.1. The van der Waals surface area contributed by atoms with Crippen molar-refractivity contribution >= 4 is 57.4 Å². The number of nitrogens with one attached hydrogen (secondary N) is 4. The molecule has 3 fully saturated rings. The summed E-state index contributed by atoms with van der Waals surface area (Å²) >= 11 is 6.83. The van der Waals surface area contributed by atoms with Crippen molar-refractivity contribution in [3.8, 4) is 22.4 Å². The Morgan fingerprint density at radius 1 is 0.780 bits per heavy atom. The van der Waals surface area contributed by atoms with Gasteiger partial charge < -0.3 is 39.9 Å². The minimum Gasteiger partial charge on any atom is -0.453 e. The van der Waals surface area contributed by atoms with Gasteiger partial charge in [-0.25, -0.2) is 19.6 Å². The number of aromatic nitrogens is 4. The first-order chi connectivity index (χ1) is 28.4. The van der Waals surface area contributed by atoms with Crippen LogP contribution in [0.15, 0.2) is 54.6 Å². The van der Waals surface area contributed by atoms with Crippen LogP contribution in [-0.2, 0) is 19.1 Å². The normalized spacial score (nSPS) is 21.1. The summed E-state index contributed by atoms with van der Waals surface area (Å²) in [5, 5.41) is 7.90. The second-order valence-electron chi connectivity index (χ2n) is 16.7. The summed E-state index contributed by atoms with van der Waals surface area (Å²) < 4.78 is 9.61. The van der Waals surface area contributed by atoms with Crippen molar-refractivity contribution in [3.05, 3.63) is 71.4 Å². The molecule has 2 bridgehead atoms. The Bertz CT molecular complexity index is 2410. The van der Waals surface area contributed by atoms with Crippen LogP contribution in [0.2, 0.25) is 5.15 Å². The van der Waals surface area contributed by atoms with E-state index in [-0.39, 0.29) is 47.7 Å². The molecular formula is C44H51ClN8O6. The van der Waals surface area contributed by atoms with E-state index in [0.29, 0.717) is 23.2 Å². The molecule has 4 N–H and O–H groups in total. The number of alkyl carbamates (subject to hydrolysis) is 2. The molecule has 1 saturated carbocycles. The number of likely N-dealkylation sites (tertiary alicyclic amines) is 2. The van der Waals surface area contributed by atoms with Gasteiger partial charge in [0.05, 0.1) is 37.3 Å². The topological polar surface area (TPSA) is 175 Å². The number of carbonyl (C=O) groups excluding carboxylic acids is 4. The average Bonchev–Trinajstić information content (AvgIpc) is 4.09. The molecule has 59 heavy (non-hydrogen) atoms. The molecular weight excluding hydrogens is 772 g/mol. The third-order valence-corrected chi connectivity index (χ3v) is 12.7. The van der Waals surface area contributed by atoms with Gasteiger partial charge in [-0.15, -0.1) is 0 Å². The number of halogens is 1. The van der Waals surface area contributed by atoms with Crippen LogP contribution in [0.5, 0.6) is 0 Å². The van der Waals surface area contributed by atoms with Gasteiger partial charge in [0.25, 0.3) is 0 Å². The molecule has 2 saturated heterocycles. The minimum atomic E-state index is -0.721. The van der Waals surface area contributed by atoms with Crippen molar-refractivity contribution in [1.29, 1.82) is 0 Å². The fourth-order valence-corrected chi connectivity index (χ4v) is 9.64. The molecule has 15 heteroatoms. The van der Waals surface area contributed by atoms with Gasteiger partial charge in [0.1, 0.15) is 34.6 Å². The number of amides is 4. The Labute approximate surface area is 347 Å². The van der Waals surface area contributed by atoms with Gasteiger partial charge in [0.2, 0.25) is 11.8 Å². The SMILES string of the molecule is COC(=O)NC(C(=O)N1[C@@H]2CC[C@@H](C2)[C@H]1c1nc(-c2ccc(-c3ccc4c(ccc5[nH]c([C@@H]6CCCN6C(=O)[C@@H](NC(=O)OC)C(C)C)nc54)c3)cc2)c(Cl)[nH]1)C(C)C. The largest absolute Gasteiger partial charge is 0.453 e. The summed E-state index contributed by atoms with van der Waals surface area (Å²) in [6.45, 7) is 8.21. The van der Waals surface area contributed by atoms with Gasteiger partial charge in [0, 0.05) is 23.5 Å². The molecule has 4 amide bonds. The van der Waals surface area contributed by atoms with E-state index in [1.165, 1.54) is 14.2 Å². The van der Waals surface area contributed by atoms with Crippen LogP contribution in [0.1, 0.15) is 83.5 Å². The number of methoxy groups -OCH3 is 2. The highest BCUT2D eigenvalue weighted by Crippen LogP contribution is 2.50. The van der Waals surface area contributed by atoms with Gasteiger partial charge in [-0.3, -0.25) is 9.59 Å². The van der Waals surface area contributed by atoms with Crippen LogP contribution in [0.25, 0.3) is 44.2 Å². The van der Waals surface area contributed by atoms with E-state index in [2.05, 4.69) is 57.0 Å². The quantitative estimate of drug-likeness (QED) is 0.110. The molecule has 6 atom stereocenters. The lowest BCUT2D eigenvalue weighted by Crippen LogP contribution is -2.54. The fourth-order valence-electron chi connectivity index (χ4n) is 9.39. The van der Waals surface area contributed by atoms with E-state index in [4.69, 9.17) is 31.0 Å². The first-order valence-corrected chi connectivity index (χ1v) is 20.8. The van der Waals surface area contributed by atoms with Gasteiger partial charge in [0.15, 0.2) is 0 Å². The zero-order valence-corrected chi connectivity index (χ0v) is 34.9. The van der Waals surface area contributed by atoms with E-state index < -0.39 is 24.3 Å². The summed E-state index contributed by atoms with van der Waals surface area (Å²) in [4.78, 5) is 72.5. The Morgan fingerprint density at radius 3 is 2.12 bits per heavy atom. The molecule has 4 heterocycles. The van der Waals surface area contributed by atoms with Crippen LogP contribution in [0.4, 0.5) is 9.59 Å². The van der Waals surface area contributed by atoms with Crippen LogP contribution >= 0.6 is 11.6 Å². The van der Waals surface area contributed by atoms with Crippen LogP contribution in [-0.4, -0.2) is 92.6 Å². The number of nitrogens with zero attached hydrogens (tertiary/aromatic N) is 4. The summed E-state index contributed by atoms with van der Waals surface area (Å²) in [5.41, 5.74) is 5.26. The number of H-pyrrole nitrogens is 2. The van der Waals surface area contributed by atoms with E-state index in [0.717, 1.165) is 76.4 Å². The zero-order chi connectivity index (χ0) is 41.7. The third-order valence-electron chi connectivity index (χ3n) is 12.4. The second kappa shape index (κ2) is 16.2. The number of ether oxygens (including phenoxy) is 2. The van der Waals surface area contributed by atoms with Gasteiger partial charge in [-0.2, -0.15) is 0 Å². The number of imidazole rings is 2. The Balaban J connectivity index is 1.01. The smallest absolute Gasteiger partial charge is 0.407 e. The van der Waals surface area contributed by atoms with Gasteiger partial charge in [-0.05, 0) is 78.5 Å². The van der Waals surface area contributed by atoms with Crippen molar-refractivity contribution in [2.45, 2.75) is 90.0 Å². The highest BCUT2D eigenvalue weighted by atomic mass is 35.5. The molecule has 8 rings (SSSR count). The van der Waals surface area contributed by atoms with E-state index in [1.54, 1.807) is 0 Å². The molecule has 0 radical (unpaired) electrons. The first-order valence-electron chi connectivity index (χ1n) is 20.5. The number of carbonyl (C=O) groups is 4. The highest BCUT2D eigenvalue weighted by molar-refractivity contribution is 6.32. The van der Waals surface area contributed by atoms with E-state index in [9.17, 15) is 19.2 Å². The van der Waals surface area contributed by atoms with Crippen LogP contribution in [0.3, 0.4) is 0 Å².